The van der Waals surface area contributed by atoms with E-state index in [1.807, 2.05) is 0 Å². The first-order valence-corrected chi connectivity index (χ1v) is 2.68. The summed E-state index contributed by atoms with van der Waals surface area (Å²) < 4.78 is 0. The van der Waals surface area contributed by atoms with Gasteiger partial charge in [0.25, 0.3) is 0 Å². The minimum absolute atomic E-state index is 0. The molecule has 0 saturated heterocycles. The molecule has 9 heavy (non-hydrogen) atoms. The first-order valence-electron chi connectivity index (χ1n) is 0.894. The van der Waals surface area contributed by atoms with Crippen molar-refractivity contribution in [1.29, 1.82) is 0 Å². The molecule has 0 aliphatic carbocycles. The Balaban J connectivity index is -0.0000000133. The predicted molar refractivity (Wildman–Crippen MR) is 59.0 cm³/mol. The Labute approximate surface area is 68.4 Å². The number of hydrogen-bond acceptors (Lipinski definition) is 4. The van der Waals surface area contributed by atoms with Crippen LogP contribution >= 0.6 is 39.6 Å². The molecule has 0 aromatic heterocycles. The molecule has 9 heteroatoms. The molecule has 4 unspecified atom stereocenters. The number of hydrogen-bond donors (Lipinski definition) is 4. The van der Waals surface area contributed by atoms with Crippen molar-refractivity contribution in [3.63, 3.8) is 0 Å². The van der Waals surface area contributed by atoms with Gasteiger partial charge in [0.05, 0.1) is 0 Å². The van der Waals surface area contributed by atoms with Gasteiger partial charge < -0.3 is 19.2 Å². The van der Waals surface area contributed by atoms with Gasteiger partial charge in [-0.1, -0.05) is 0 Å². The van der Waals surface area contributed by atoms with Gasteiger partial charge in [0.2, 0.25) is 0 Å². The molecule has 0 spiro atoms. The van der Waals surface area contributed by atoms with E-state index in [0.717, 1.165) is 0 Å². The topological polar surface area (TPSA) is 80.9 Å². The molecule has 0 aliphatic heterocycles. The SMILES string of the molecule is O[Si](O)(O)O.P.P.P.P. The van der Waals surface area contributed by atoms with Crippen LogP contribution in [0, 0.1) is 0 Å². The van der Waals surface area contributed by atoms with Crippen molar-refractivity contribution in [2.75, 3.05) is 0 Å². The van der Waals surface area contributed by atoms with E-state index in [-0.39, 0.29) is 39.6 Å². The summed E-state index contributed by atoms with van der Waals surface area (Å²) in [5.41, 5.74) is 0. The van der Waals surface area contributed by atoms with Gasteiger partial charge in [0.15, 0.2) is 0 Å². The van der Waals surface area contributed by atoms with Crippen molar-refractivity contribution < 1.29 is 19.2 Å². The minimum Gasteiger partial charge on any atom is -0.368 e. The maximum Gasteiger partial charge on any atom is 0.668 e. The molecule has 0 fully saturated rings. The molecule has 0 saturated carbocycles. The quantitative estimate of drug-likeness (QED) is 0.278. The van der Waals surface area contributed by atoms with E-state index >= 15 is 0 Å². The van der Waals surface area contributed by atoms with Crippen LogP contribution < -0.4 is 0 Å². The molecule has 0 aliphatic rings. The molecule has 4 nitrogen and oxygen atoms in total. The van der Waals surface area contributed by atoms with Gasteiger partial charge >= 0.3 is 9.05 Å². The Bertz CT molecular complexity index is 28.0. The van der Waals surface area contributed by atoms with Crippen LogP contribution in [0.3, 0.4) is 0 Å². The summed E-state index contributed by atoms with van der Waals surface area (Å²) in [5, 5.41) is 0. The second kappa shape index (κ2) is 12.5. The summed E-state index contributed by atoms with van der Waals surface area (Å²) >= 11 is 0. The summed E-state index contributed by atoms with van der Waals surface area (Å²) in [6.07, 6.45) is 0. The molecular formula is H16O4P4Si. The normalized spacial score (nSPS) is 6.67. The van der Waals surface area contributed by atoms with Gasteiger partial charge in [-0.05, 0) is 0 Å². The second-order valence-corrected chi connectivity index (χ2v) is 1.80. The second-order valence-electron chi connectivity index (χ2n) is 0.600. The Morgan fingerprint density at radius 2 is 0.556 bits per heavy atom. The molecule has 0 rings (SSSR count). The van der Waals surface area contributed by atoms with Gasteiger partial charge in [0, 0.05) is 0 Å². The van der Waals surface area contributed by atoms with Crippen molar-refractivity contribution >= 4 is 48.6 Å². The highest BCUT2D eigenvalue weighted by molar-refractivity contribution is 6.92. The third-order valence-electron chi connectivity index (χ3n) is 0. The van der Waals surface area contributed by atoms with Gasteiger partial charge in [-0.25, -0.2) is 0 Å². The van der Waals surface area contributed by atoms with E-state index in [4.69, 9.17) is 19.2 Å². The molecule has 0 aromatic rings. The minimum atomic E-state index is -4.61. The summed E-state index contributed by atoms with van der Waals surface area (Å²) in [4.78, 5) is 29.3. The lowest BCUT2D eigenvalue weighted by molar-refractivity contribution is 0.117. The molecule has 64 valence electrons. The van der Waals surface area contributed by atoms with Crippen LogP contribution in [0.15, 0.2) is 0 Å². The highest BCUT2D eigenvalue weighted by atomic mass is 31.0. The van der Waals surface area contributed by atoms with Crippen LogP contribution in [-0.4, -0.2) is 28.2 Å². The Kier molecular flexibility index (Phi) is 42.7. The zero-order valence-corrected chi connectivity index (χ0v) is 11.8. The molecular weight excluding hydrogens is 216 g/mol. The van der Waals surface area contributed by atoms with Crippen LogP contribution in [0.2, 0.25) is 0 Å². The lowest BCUT2D eigenvalue weighted by atomic mass is 15.7. The molecule has 0 aromatic carbocycles. The van der Waals surface area contributed by atoms with E-state index in [1.165, 1.54) is 0 Å². The van der Waals surface area contributed by atoms with Gasteiger partial charge in [-0.15, -0.1) is 0 Å². The average molecular weight is 232 g/mol. The van der Waals surface area contributed by atoms with E-state index in [1.54, 1.807) is 0 Å². The fourth-order valence-corrected chi connectivity index (χ4v) is 0. The zero-order valence-electron chi connectivity index (χ0n) is 5.12. The fraction of sp³-hybridized carbons (Fsp3) is 0. The van der Waals surface area contributed by atoms with Crippen LogP contribution in [0.25, 0.3) is 0 Å². The lowest BCUT2D eigenvalue weighted by Gasteiger charge is -1.91. The van der Waals surface area contributed by atoms with Crippen molar-refractivity contribution in [1.82, 2.24) is 0 Å². The standard InChI is InChI=1S/H4O4Si.4H3P/c1-5(2,3)4;;;;/h1-4H;4*1H3. The highest BCUT2D eigenvalue weighted by Gasteiger charge is 2.22. The van der Waals surface area contributed by atoms with Gasteiger partial charge in [-0.3, -0.25) is 0 Å². The highest BCUT2D eigenvalue weighted by Crippen LogP contribution is 1.67. The molecule has 4 atom stereocenters. The maximum absolute atomic E-state index is 7.33. The van der Waals surface area contributed by atoms with Crippen LogP contribution in [0.1, 0.15) is 0 Å². The Morgan fingerprint density at radius 1 is 0.556 bits per heavy atom. The first kappa shape index (κ1) is 30.9. The number of rotatable bonds is 0. The van der Waals surface area contributed by atoms with Crippen LogP contribution in [-0.2, 0) is 0 Å². The van der Waals surface area contributed by atoms with E-state index in [9.17, 15) is 0 Å². The van der Waals surface area contributed by atoms with Gasteiger partial charge in [0.1, 0.15) is 0 Å². The molecule has 0 amide bonds. The van der Waals surface area contributed by atoms with Crippen molar-refractivity contribution in [2.45, 2.75) is 0 Å². The lowest BCUT2D eigenvalue weighted by Crippen LogP contribution is -2.33. The zero-order chi connectivity index (χ0) is 4.50. The average Bonchev–Trinajstić information content (AvgIpc) is 0.722. The first-order chi connectivity index (χ1) is 2.00. The predicted octanol–water partition coefficient (Wildman–Crippen LogP) is -2.38. The molecule has 0 bridgehead atoms. The molecule has 0 radical (unpaired) electrons. The summed E-state index contributed by atoms with van der Waals surface area (Å²) in [6, 6.07) is 0. The Hall–Kier alpha value is 1.78. The van der Waals surface area contributed by atoms with Crippen molar-refractivity contribution in [3.05, 3.63) is 0 Å². The van der Waals surface area contributed by atoms with Crippen LogP contribution in [0.4, 0.5) is 0 Å². The van der Waals surface area contributed by atoms with E-state index < -0.39 is 9.05 Å². The third-order valence-corrected chi connectivity index (χ3v) is 0. The Morgan fingerprint density at radius 3 is 0.556 bits per heavy atom. The van der Waals surface area contributed by atoms with Crippen molar-refractivity contribution in [3.8, 4) is 0 Å². The summed E-state index contributed by atoms with van der Waals surface area (Å²) in [5.74, 6) is 0. The summed E-state index contributed by atoms with van der Waals surface area (Å²) in [7, 11) is -4.61. The van der Waals surface area contributed by atoms with E-state index in [0.29, 0.717) is 0 Å². The monoisotopic (exact) mass is 232 g/mol. The van der Waals surface area contributed by atoms with Crippen LogP contribution in [0.5, 0.6) is 0 Å². The maximum atomic E-state index is 7.33. The fourth-order valence-electron chi connectivity index (χ4n) is 0. The smallest absolute Gasteiger partial charge is 0.368 e. The molecule has 0 heterocycles. The molecule has 4 N–H and O–H groups in total. The third kappa shape index (κ3) is 187. The summed E-state index contributed by atoms with van der Waals surface area (Å²) in [6.45, 7) is 0. The van der Waals surface area contributed by atoms with Gasteiger partial charge in [-0.2, -0.15) is 39.6 Å². The van der Waals surface area contributed by atoms with Crippen molar-refractivity contribution in [2.24, 2.45) is 0 Å². The largest absolute Gasteiger partial charge is 0.668 e. The van der Waals surface area contributed by atoms with E-state index in [2.05, 4.69) is 0 Å².